The second-order valence-corrected chi connectivity index (χ2v) is 30.6. The predicted octanol–water partition coefficient (Wildman–Crippen LogP) is 15.3. The van der Waals surface area contributed by atoms with Crippen molar-refractivity contribution >= 4 is 89.1 Å². The topological polar surface area (TPSA) is 439 Å². The number of unbranched alkanes of at least 4 members (excludes halogenated alkanes) is 4. The van der Waals surface area contributed by atoms with Crippen LogP contribution >= 0.6 is 11.8 Å². The number of hydrogen-bond donors (Lipinski definition) is 8. The number of carbonyl (C=O) groups excluding carboxylic acids is 10. The first-order valence-electron chi connectivity index (χ1n) is 38.4. The summed E-state index contributed by atoms with van der Waals surface area (Å²) in [6.07, 6.45) is 7.71. The van der Waals surface area contributed by atoms with Crippen molar-refractivity contribution in [3.63, 3.8) is 0 Å². The maximum Gasteiger partial charge on any atom is 0.322 e. The minimum atomic E-state index is -1.05. The van der Waals surface area contributed by atoms with E-state index in [2.05, 4.69) is 43.5 Å². The molecule has 0 aromatic heterocycles. The highest BCUT2D eigenvalue weighted by Gasteiger charge is 2.31. The van der Waals surface area contributed by atoms with Gasteiger partial charge in [-0.15, -0.1) is 0 Å². The number of hydrogen-bond acceptors (Lipinski definition) is 26. The van der Waals surface area contributed by atoms with E-state index in [-0.39, 0.29) is 197 Å². The summed E-state index contributed by atoms with van der Waals surface area (Å²) in [7, 11) is 13.9. The van der Waals surface area contributed by atoms with Gasteiger partial charge >= 0.3 is 53.7 Å². The number of aliphatic carboxylic acids is 3. The average molecular weight is 1800 g/mol. The van der Waals surface area contributed by atoms with Crippen LogP contribution in [0, 0.1) is 21.7 Å². The van der Waals surface area contributed by atoms with Gasteiger partial charge in [0.25, 0.3) is 0 Å². The Balaban J connectivity index is -0.0000000774. The van der Waals surface area contributed by atoms with E-state index in [1.165, 1.54) is 28.7 Å². The number of likely N-dealkylation sites (N-methyl/N-ethyl adjacent to an activating group) is 1. The first kappa shape index (κ1) is 152. The molecule has 0 spiro atoms. The van der Waals surface area contributed by atoms with E-state index < -0.39 is 52.2 Å². The molecule has 4 amide bonds. The Morgan fingerprint density at radius 1 is 0.415 bits per heavy atom. The predicted molar refractivity (Wildman–Crippen MR) is 502 cm³/mol. The molecule has 0 aromatic carbocycles. The molecule has 1 atom stereocenters. The number of esters is 6. The number of carboxylic acids is 3. The monoisotopic (exact) mass is 1790 g/mol. The first-order valence-corrected chi connectivity index (χ1v) is 39.6. The largest absolute Gasteiger partial charge is 0.481 e. The molecule has 123 heavy (non-hydrogen) atoms. The van der Waals surface area contributed by atoms with Gasteiger partial charge in [-0.3, -0.25) is 62.3 Å². The van der Waals surface area contributed by atoms with Gasteiger partial charge in [0, 0.05) is 133 Å². The Labute approximate surface area is 750 Å². The molecule has 0 aliphatic rings. The van der Waals surface area contributed by atoms with Crippen molar-refractivity contribution in [1.29, 1.82) is 0 Å². The highest BCUT2D eigenvalue weighted by molar-refractivity contribution is 7.99. The van der Waals surface area contributed by atoms with Gasteiger partial charge in [-0.05, 0) is 147 Å². The number of amides is 4. The van der Waals surface area contributed by atoms with E-state index in [4.69, 9.17) is 54.0 Å². The molecule has 1 unspecified atom stereocenters. The number of carboxylic acid groups (broad SMARTS) is 3. The lowest BCUT2D eigenvalue weighted by Gasteiger charge is -2.21. The number of ether oxygens (including phenoxy) is 6. The smallest absolute Gasteiger partial charge is 0.322 e. The molecular formula is C90H183N7O25S. The van der Waals surface area contributed by atoms with Crippen LogP contribution in [0.3, 0.4) is 0 Å². The van der Waals surface area contributed by atoms with E-state index in [9.17, 15) is 67.4 Å². The van der Waals surface area contributed by atoms with Crippen molar-refractivity contribution in [3.05, 3.63) is 61.4 Å². The molecule has 0 saturated carbocycles. The molecular weight excluding hydrogens is 1610 g/mol. The number of nitrogens with zero attached hydrogens (tertiary/aromatic N) is 5. The third-order valence-corrected chi connectivity index (χ3v) is 18.1. The Morgan fingerprint density at radius 2 is 0.780 bits per heavy atom. The normalized spacial score (nSPS) is 9.98. The molecule has 0 aliphatic heterocycles. The fourth-order valence-electron chi connectivity index (χ4n) is 6.63. The first-order chi connectivity index (χ1) is 53.0. The Kier molecular flexibility index (Phi) is 111. The van der Waals surface area contributed by atoms with Crippen LogP contribution in [0.25, 0.3) is 0 Å². The van der Waals surface area contributed by atoms with E-state index in [1.54, 1.807) is 81.4 Å². The van der Waals surface area contributed by atoms with E-state index in [1.807, 2.05) is 93.4 Å². The molecule has 0 rings (SSSR count). The standard InChI is InChI=1S/C18H32O7S.C15H27NO5.C10H21NO2.C10H19NO2.C9H15NO3.C8H13NO3.C8H15NO3.C4H9N.8CH4/c1-7-17(2,3)16(22)25-11-13(19)10-24-14(20)8-9-26-12-18(4,5)15(21)23-6;1-13(2)16(3)9-8-15(19)21-12-11-20-14(18)7-5-4-6-10-17;1-6-10(2,3)9(12)13-8-7-11(4)5;1-9(2)11(3)10(13)7-5-4-6-8-12;1-7(2)10(3)8(11)5-4-6-9(12)13;1-6(2)9(3)7(10)4-5-8(11)12;1-4-8(2,3)7(12)9-5-6(10)11;1-4(2)5-3;;;;;;;;/h13,19H,7-12H2,1-6H3;17H,1,4-12H2,2-3H3;6-8H2,1-5H3;12H,1,4-8H2,2-3H3;1,4-6H2,2-3H3,(H,12,13);1,4-5H2,2-3H3,(H,11,12);4-5H2,1-3H3,(H,9,12)(H,10,11);5H,1H2,2-3H3;8*1H4. The lowest BCUT2D eigenvalue weighted by Crippen LogP contribution is -2.39. The highest BCUT2D eigenvalue weighted by Crippen LogP contribution is 2.25. The SMILES string of the molecule is C.C.C.C.C.C.C.C.C=C(C)N(C)C(=O)CCC(=O)O.C=C(C)N(C)C(=O)CCCC(=O)O.C=C(C)N(C)C(=O)CCCCCO.C=C(C)N(C)CCC(=O)OCCOC(=O)CCCCCO.C=C(C)NC.CCC(C)(C)C(=O)NCC(=O)O.CCC(C)(C)C(=O)OCC(O)COC(=O)CCSCC(C)(C)C(=O)OC.CCC(C)(C)C(=O)OCCN(C)C. The third kappa shape index (κ3) is 97.3. The van der Waals surface area contributed by atoms with Gasteiger partial charge < -0.3 is 94.2 Å². The van der Waals surface area contributed by atoms with Crippen molar-refractivity contribution in [1.82, 2.24) is 35.1 Å². The van der Waals surface area contributed by atoms with Gasteiger partial charge in [0.05, 0.1) is 42.6 Å². The molecule has 0 aromatic rings. The number of nitrogens with one attached hydrogen (secondary N) is 2. The molecule has 32 nitrogen and oxygen atoms in total. The van der Waals surface area contributed by atoms with Crippen LogP contribution in [-0.4, -0.2) is 272 Å². The van der Waals surface area contributed by atoms with Gasteiger partial charge in [0.2, 0.25) is 23.6 Å². The molecule has 0 heterocycles. The van der Waals surface area contributed by atoms with Crippen LogP contribution in [0.4, 0.5) is 0 Å². The van der Waals surface area contributed by atoms with Gasteiger partial charge in [-0.2, -0.15) is 11.8 Å². The van der Waals surface area contributed by atoms with Crippen LogP contribution < -0.4 is 10.6 Å². The number of allylic oxidation sites excluding steroid dienone is 5. The second kappa shape index (κ2) is 89.9. The molecule has 734 valence electrons. The van der Waals surface area contributed by atoms with E-state index >= 15 is 0 Å². The molecule has 33 heteroatoms. The number of methoxy groups -OCH3 is 1. The maximum absolute atomic E-state index is 11.8. The third-order valence-electron chi connectivity index (χ3n) is 16.6. The zero-order valence-corrected chi connectivity index (χ0v) is 75.2. The van der Waals surface area contributed by atoms with Gasteiger partial charge in [-0.25, -0.2) is 0 Å². The number of aliphatic hydroxyl groups excluding tert-OH is 3. The molecule has 8 N–H and O–H groups in total. The summed E-state index contributed by atoms with van der Waals surface area (Å²) in [6, 6.07) is 0. The van der Waals surface area contributed by atoms with Crippen molar-refractivity contribution in [2.75, 3.05) is 134 Å². The Hall–Kier alpha value is -8.40. The molecule has 0 aliphatic carbocycles. The van der Waals surface area contributed by atoms with Crippen molar-refractivity contribution in [2.24, 2.45) is 21.7 Å². The van der Waals surface area contributed by atoms with Crippen LogP contribution in [0.1, 0.15) is 286 Å². The lowest BCUT2D eigenvalue weighted by molar-refractivity contribution is -0.160. The summed E-state index contributed by atoms with van der Waals surface area (Å²) < 4.78 is 29.7. The Morgan fingerprint density at radius 3 is 1.13 bits per heavy atom. The fourth-order valence-corrected chi connectivity index (χ4v) is 7.71. The van der Waals surface area contributed by atoms with Crippen LogP contribution in [0.15, 0.2) is 61.4 Å². The summed E-state index contributed by atoms with van der Waals surface area (Å²) >= 11 is 1.45. The van der Waals surface area contributed by atoms with E-state index in [0.29, 0.717) is 81.0 Å². The molecule has 0 bridgehead atoms. The van der Waals surface area contributed by atoms with E-state index in [0.717, 1.165) is 55.7 Å². The van der Waals surface area contributed by atoms with Crippen molar-refractivity contribution in [2.45, 2.75) is 292 Å². The van der Waals surface area contributed by atoms with Crippen molar-refractivity contribution < 1.29 is 121 Å². The van der Waals surface area contributed by atoms with Crippen LogP contribution in [0.2, 0.25) is 0 Å². The molecule has 0 fully saturated rings. The van der Waals surface area contributed by atoms with Gasteiger partial charge in [0.15, 0.2) is 0 Å². The summed E-state index contributed by atoms with van der Waals surface area (Å²) in [6.45, 7) is 49.0. The van der Waals surface area contributed by atoms with Gasteiger partial charge in [-0.1, -0.05) is 140 Å². The zero-order valence-electron chi connectivity index (χ0n) is 74.4. The van der Waals surface area contributed by atoms with Gasteiger partial charge in [0.1, 0.15) is 45.7 Å². The molecule has 0 radical (unpaired) electrons. The minimum Gasteiger partial charge on any atom is -0.481 e. The van der Waals surface area contributed by atoms with Crippen LogP contribution in [-0.2, 0) is 90.8 Å². The maximum atomic E-state index is 11.8. The number of rotatable bonds is 49. The van der Waals surface area contributed by atoms with Crippen molar-refractivity contribution in [3.8, 4) is 0 Å². The summed E-state index contributed by atoms with van der Waals surface area (Å²) in [5.41, 5.74) is 1.91. The summed E-state index contributed by atoms with van der Waals surface area (Å²) in [4.78, 5) is 153. The molecule has 0 saturated heterocycles. The summed E-state index contributed by atoms with van der Waals surface area (Å²) in [5, 5.41) is 56.9. The summed E-state index contributed by atoms with van der Waals surface area (Å²) in [5.74, 6) is -4.10. The zero-order chi connectivity index (χ0) is 91.4. The highest BCUT2D eigenvalue weighted by atomic mass is 32.2. The fraction of sp³-hybridized carbons (Fsp3) is 0.744. The quantitative estimate of drug-likeness (QED) is 0.0159. The second-order valence-electron chi connectivity index (χ2n) is 29.5. The Bertz CT molecular complexity index is 2900. The number of carbonyl (C=O) groups is 13. The lowest BCUT2D eigenvalue weighted by atomic mass is 9.89. The van der Waals surface area contributed by atoms with Crippen LogP contribution in [0.5, 0.6) is 0 Å². The minimum absolute atomic E-state index is 0. The average Bonchev–Trinajstić information content (AvgIpc) is 0.889. The number of aliphatic hydroxyl groups is 3. The number of thioether (sulfide) groups is 1.